The average molecular weight is 382 g/mol. The lowest BCUT2D eigenvalue weighted by atomic mass is 10.1. The molecule has 1 fully saturated rings. The maximum atomic E-state index is 13.2. The van der Waals surface area contributed by atoms with Crippen molar-refractivity contribution in [1.82, 2.24) is 19.9 Å². The Kier molecular flexibility index (Phi) is 4.74. The second-order valence-electron chi connectivity index (χ2n) is 6.50. The maximum Gasteiger partial charge on any atom is 0.248 e. The first-order chi connectivity index (χ1) is 13.5. The monoisotopic (exact) mass is 382 g/mol. The molecule has 4 rings (SSSR count). The van der Waals surface area contributed by atoms with Gasteiger partial charge in [-0.25, -0.2) is 14.4 Å². The fraction of sp³-hybridized carbons (Fsp3) is 0.263. The summed E-state index contributed by atoms with van der Waals surface area (Å²) in [4.78, 5) is 28.6. The number of pyridine rings is 1. The van der Waals surface area contributed by atoms with E-state index in [1.54, 1.807) is 17.0 Å². The Morgan fingerprint density at radius 2 is 1.75 bits per heavy atom. The van der Waals surface area contributed by atoms with Crippen LogP contribution in [0.25, 0.3) is 22.3 Å². The van der Waals surface area contributed by atoms with Crippen molar-refractivity contribution in [3.8, 4) is 11.3 Å². The molecular formula is C19H19FN6O2. The number of benzene rings is 1. The number of piperazine rings is 1. The summed E-state index contributed by atoms with van der Waals surface area (Å²) in [5.74, 6) is 0.148. The molecule has 0 saturated carbocycles. The van der Waals surface area contributed by atoms with E-state index >= 15 is 0 Å². The number of nitrogens with zero attached hydrogens (tertiary/aromatic N) is 5. The molecule has 3 heterocycles. The topological polar surface area (TPSA) is 108 Å². The van der Waals surface area contributed by atoms with Gasteiger partial charge in [0.15, 0.2) is 5.82 Å². The van der Waals surface area contributed by atoms with E-state index in [9.17, 15) is 9.18 Å². The summed E-state index contributed by atoms with van der Waals surface area (Å²) in [6.07, 6.45) is 0. The van der Waals surface area contributed by atoms with Crippen LogP contribution >= 0.6 is 0 Å². The van der Waals surface area contributed by atoms with Crippen molar-refractivity contribution in [2.24, 2.45) is 0 Å². The van der Waals surface area contributed by atoms with Crippen molar-refractivity contribution in [3.05, 3.63) is 42.2 Å². The highest BCUT2D eigenvalue weighted by Crippen LogP contribution is 2.27. The van der Waals surface area contributed by atoms with Gasteiger partial charge in [-0.2, -0.15) is 4.98 Å². The van der Waals surface area contributed by atoms with Crippen LogP contribution in [0.4, 0.5) is 16.2 Å². The van der Waals surface area contributed by atoms with Gasteiger partial charge < -0.3 is 20.6 Å². The molecule has 1 aromatic carbocycles. The fourth-order valence-electron chi connectivity index (χ4n) is 3.29. The Bertz CT molecular complexity index is 1020. The van der Waals surface area contributed by atoms with Crippen LogP contribution in [-0.4, -0.2) is 63.7 Å². The summed E-state index contributed by atoms with van der Waals surface area (Å²) < 4.78 is 13.2. The minimum Gasteiger partial charge on any atom is -0.387 e. The highest BCUT2D eigenvalue weighted by molar-refractivity contribution is 5.89. The van der Waals surface area contributed by atoms with Crippen molar-refractivity contribution in [2.75, 3.05) is 43.4 Å². The Balaban J connectivity index is 1.70. The van der Waals surface area contributed by atoms with Gasteiger partial charge in [0.05, 0.1) is 11.2 Å². The van der Waals surface area contributed by atoms with Crippen molar-refractivity contribution >= 4 is 28.7 Å². The molecule has 8 nitrogen and oxygen atoms in total. The molecule has 0 atom stereocenters. The van der Waals surface area contributed by atoms with Gasteiger partial charge in [0.2, 0.25) is 11.9 Å². The van der Waals surface area contributed by atoms with Crippen LogP contribution in [0.15, 0.2) is 36.4 Å². The molecule has 0 radical (unpaired) electrons. The molecule has 1 aliphatic heterocycles. The van der Waals surface area contributed by atoms with E-state index in [1.807, 2.05) is 17.0 Å². The first-order valence-electron chi connectivity index (χ1n) is 8.89. The molecule has 9 heteroatoms. The lowest BCUT2D eigenvalue weighted by Gasteiger charge is -2.35. The Labute approximate surface area is 160 Å². The number of halogens is 1. The number of hydrogen-bond donors (Lipinski definition) is 2. The lowest BCUT2D eigenvalue weighted by molar-refractivity contribution is -0.134. The number of fused-ring (bicyclic) bond motifs is 1. The van der Waals surface area contributed by atoms with Crippen LogP contribution in [0, 0.1) is 5.82 Å². The molecule has 0 spiro atoms. The van der Waals surface area contributed by atoms with E-state index < -0.39 is 6.61 Å². The summed E-state index contributed by atoms with van der Waals surface area (Å²) in [7, 11) is 0. The zero-order chi connectivity index (χ0) is 19.7. The SMILES string of the molecule is Nc1nc(N2CCN(C(=O)CO)CC2)c2nc(-c3ccc(F)cc3)ccc2n1. The molecule has 28 heavy (non-hydrogen) atoms. The second kappa shape index (κ2) is 7.35. The minimum absolute atomic E-state index is 0.146. The molecule has 0 bridgehead atoms. The number of aliphatic hydroxyl groups excluding tert-OH is 1. The van der Waals surface area contributed by atoms with Gasteiger partial charge in [-0.15, -0.1) is 0 Å². The second-order valence-corrected chi connectivity index (χ2v) is 6.50. The predicted molar refractivity (Wildman–Crippen MR) is 103 cm³/mol. The molecule has 3 N–H and O–H groups in total. The van der Waals surface area contributed by atoms with Crippen molar-refractivity contribution in [2.45, 2.75) is 0 Å². The largest absolute Gasteiger partial charge is 0.387 e. The summed E-state index contributed by atoms with van der Waals surface area (Å²) in [5, 5.41) is 9.03. The number of amides is 1. The highest BCUT2D eigenvalue weighted by atomic mass is 19.1. The molecular weight excluding hydrogens is 363 g/mol. The molecule has 1 saturated heterocycles. The Hall–Kier alpha value is -3.33. The normalized spacial score (nSPS) is 14.5. The number of hydrogen-bond acceptors (Lipinski definition) is 7. The maximum absolute atomic E-state index is 13.2. The molecule has 2 aromatic heterocycles. The van der Waals surface area contributed by atoms with Gasteiger partial charge in [-0.3, -0.25) is 4.79 Å². The number of rotatable bonds is 3. The van der Waals surface area contributed by atoms with Crippen LogP contribution in [-0.2, 0) is 4.79 Å². The molecule has 0 aliphatic carbocycles. The van der Waals surface area contributed by atoms with E-state index in [1.165, 1.54) is 12.1 Å². The summed E-state index contributed by atoms with van der Waals surface area (Å²) in [6, 6.07) is 9.73. The number of aliphatic hydroxyl groups is 1. The number of carbonyl (C=O) groups excluding carboxylic acids is 1. The van der Waals surface area contributed by atoms with Gasteiger partial charge in [-0.05, 0) is 36.4 Å². The van der Waals surface area contributed by atoms with Gasteiger partial charge >= 0.3 is 0 Å². The summed E-state index contributed by atoms with van der Waals surface area (Å²) >= 11 is 0. The standard InChI is InChI=1S/C19H19FN6O2/c20-13-3-1-12(2-4-13)14-5-6-15-17(22-14)18(24-19(21)23-15)26-9-7-25(8-10-26)16(28)11-27/h1-6,27H,7-11H2,(H2,21,23,24). The van der Waals surface area contributed by atoms with Crippen LogP contribution in [0.2, 0.25) is 0 Å². The molecule has 0 unspecified atom stereocenters. The number of aromatic nitrogens is 3. The smallest absolute Gasteiger partial charge is 0.248 e. The van der Waals surface area contributed by atoms with Gasteiger partial charge in [0.25, 0.3) is 0 Å². The van der Waals surface area contributed by atoms with Crippen molar-refractivity contribution in [3.63, 3.8) is 0 Å². The summed E-state index contributed by atoms with van der Waals surface area (Å²) in [6.45, 7) is 1.54. The van der Waals surface area contributed by atoms with Gasteiger partial charge in [0, 0.05) is 31.7 Å². The van der Waals surface area contributed by atoms with Crippen molar-refractivity contribution < 1.29 is 14.3 Å². The third-order valence-corrected chi connectivity index (χ3v) is 4.75. The van der Waals surface area contributed by atoms with E-state index in [-0.39, 0.29) is 17.7 Å². The minimum atomic E-state index is -0.494. The number of carbonyl (C=O) groups is 1. The van der Waals surface area contributed by atoms with Crippen LogP contribution < -0.4 is 10.6 Å². The van der Waals surface area contributed by atoms with E-state index in [2.05, 4.69) is 9.97 Å². The zero-order valence-corrected chi connectivity index (χ0v) is 15.0. The van der Waals surface area contributed by atoms with Crippen molar-refractivity contribution in [1.29, 1.82) is 0 Å². The first-order valence-corrected chi connectivity index (χ1v) is 8.89. The Morgan fingerprint density at radius 3 is 2.43 bits per heavy atom. The van der Waals surface area contributed by atoms with Crippen LogP contribution in [0.5, 0.6) is 0 Å². The van der Waals surface area contributed by atoms with Gasteiger partial charge in [0.1, 0.15) is 17.9 Å². The van der Waals surface area contributed by atoms with E-state index in [0.29, 0.717) is 48.7 Å². The summed E-state index contributed by atoms with van der Waals surface area (Å²) in [5.41, 5.74) is 8.55. The van der Waals surface area contributed by atoms with E-state index in [0.717, 1.165) is 5.56 Å². The third kappa shape index (κ3) is 3.44. The fourth-order valence-corrected chi connectivity index (χ4v) is 3.29. The van der Waals surface area contributed by atoms with E-state index in [4.69, 9.17) is 15.8 Å². The van der Waals surface area contributed by atoms with Crippen LogP contribution in [0.3, 0.4) is 0 Å². The quantitative estimate of drug-likeness (QED) is 0.697. The Morgan fingerprint density at radius 1 is 1.04 bits per heavy atom. The number of nitrogens with two attached hydrogens (primary N) is 1. The molecule has 1 amide bonds. The van der Waals surface area contributed by atoms with Crippen LogP contribution in [0.1, 0.15) is 0 Å². The highest BCUT2D eigenvalue weighted by Gasteiger charge is 2.24. The first kappa shape index (κ1) is 18.1. The molecule has 3 aromatic rings. The number of anilines is 2. The average Bonchev–Trinajstić information content (AvgIpc) is 2.73. The lowest BCUT2D eigenvalue weighted by Crippen LogP contribution is -2.49. The zero-order valence-electron chi connectivity index (χ0n) is 15.0. The van der Waals surface area contributed by atoms with Gasteiger partial charge in [-0.1, -0.05) is 0 Å². The molecule has 144 valence electrons. The number of nitrogen functional groups attached to an aromatic ring is 1. The third-order valence-electron chi connectivity index (χ3n) is 4.75. The predicted octanol–water partition coefficient (Wildman–Crippen LogP) is 1.05. The molecule has 1 aliphatic rings.